The summed E-state index contributed by atoms with van der Waals surface area (Å²) in [6.07, 6.45) is 0.360. The number of nitrogens with zero attached hydrogens (tertiary/aromatic N) is 3. The number of hydrogen-bond donors (Lipinski definition) is 2. The lowest BCUT2D eigenvalue weighted by molar-refractivity contribution is -0.122. The molecule has 2 aromatic heterocycles. The molecule has 0 saturated carbocycles. The molecule has 9 nitrogen and oxygen atoms in total. The van der Waals surface area contributed by atoms with Gasteiger partial charge in [-0.05, 0) is 31.5 Å². The molecular weight excluding hydrogens is 440 g/mol. The second kappa shape index (κ2) is 7.98. The summed E-state index contributed by atoms with van der Waals surface area (Å²) in [6, 6.07) is 5.92. The zero-order valence-electron chi connectivity index (χ0n) is 15.0. The number of carboxylic acid groups (broad SMARTS) is 1. The monoisotopic (exact) mass is 454 g/mol. The van der Waals surface area contributed by atoms with Gasteiger partial charge in [0.25, 0.3) is 10.0 Å². The minimum absolute atomic E-state index is 0.0565. The number of pyridine rings is 1. The van der Waals surface area contributed by atoms with Crippen molar-refractivity contribution in [2.75, 3.05) is 18.0 Å². The van der Waals surface area contributed by atoms with Gasteiger partial charge in [0, 0.05) is 13.1 Å². The van der Waals surface area contributed by atoms with Crippen molar-refractivity contribution in [3.05, 3.63) is 39.4 Å². The third kappa shape index (κ3) is 4.34. The van der Waals surface area contributed by atoms with E-state index in [1.165, 1.54) is 25.1 Å². The van der Waals surface area contributed by atoms with Crippen LogP contribution in [0, 0.1) is 24.2 Å². The number of carbonyl (C=O) groups excluding carboxylic acids is 1. The lowest BCUT2D eigenvalue weighted by Gasteiger charge is -2.19. The molecule has 1 amide bonds. The number of nitriles is 1. The number of aryl methyl sites for hydroxylation is 1. The van der Waals surface area contributed by atoms with E-state index in [-0.39, 0.29) is 33.4 Å². The highest BCUT2D eigenvalue weighted by Crippen LogP contribution is 2.28. The fraction of sp³-hybridized carbons (Fsp3) is 0.294. The van der Waals surface area contributed by atoms with Gasteiger partial charge in [-0.25, -0.2) is 22.9 Å². The van der Waals surface area contributed by atoms with E-state index in [1.54, 1.807) is 4.90 Å². The average molecular weight is 455 g/mol. The number of carbonyl (C=O) groups is 2. The first kappa shape index (κ1) is 21.0. The smallest absolute Gasteiger partial charge is 0.337 e. The summed E-state index contributed by atoms with van der Waals surface area (Å²) in [5.41, 5.74) is 0.256. The fourth-order valence-corrected chi connectivity index (χ4v) is 5.53. The summed E-state index contributed by atoms with van der Waals surface area (Å²) < 4.78 is 26.9. The average Bonchev–Trinajstić information content (AvgIpc) is 3.30. The maximum atomic E-state index is 12.5. The molecule has 1 saturated heterocycles. The number of anilines is 1. The lowest BCUT2D eigenvalue weighted by atomic mass is 10.1. The van der Waals surface area contributed by atoms with Gasteiger partial charge in [-0.15, -0.1) is 11.3 Å². The Labute approximate surface area is 175 Å². The molecule has 1 aliphatic heterocycles. The highest BCUT2D eigenvalue weighted by molar-refractivity contribution is 7.92. The minimum Gasteiger partial charge on any atom is -0.478 e. The predicted octanol–water partition coefficient (Wildman–Crippen LogP) is 2.01. The van der Waals surface area contributed by atoms with E-state index in [4.69, 9.17) is 11.6 Å². The Bertz CT molecular complexity index is 1140. The van der Waals surface area contributed by atoms with E-state index in [2.05, 4.69) is 9.71 Å². The summed E-state index contributed by atoms with van der Waals surface area (Å²) in [6.45, 7) is 2.05. The van der Waals surface area contributed by atoms with Gasteiger partial charge >= 0.3 is 5.97 Å². The van der Waals surface area contributed by atoms with Gasteiger partial charge in [-0.3, -0.25) is 4.79 Å². The predicted molar refractivity (Wildman–Crippen MR) is 106 cm³/mol. The highest BCUT2D eigenvalue weighted by Gasteiger charge is 2.33. The van der Waals surface area contributed by atoms with Crippen LogP contribution >= 0.6 is 22.9 Å². The first-order chi connectivity index (χ1) is 13.6. The molecule has 0 bridgehead atoms. The van der Waals surface area contributed by atoms with Crippen molar-refractivity contribution < 1.29 is 23.1 Å². The Morgan fingerprint density at radius 1 is 1.45 bits per heavy atom. The van der Waals surface area contributed by atoms with Crippen molar-refractivity contribution in [2.45, 2.75) is 17.6 Å². The second-order valence-corrected chi connectivity index (χ2v) is 9.99. The Balaban J connectivity index is 1.77. The SMILES string of the molecule is Cc1nc(N2CCC(C(=O)NS(=O)(=O)c3ccc(Cl)s3)C2)c(C#N)cc1C(=O)O. The number of amides is 1. The molecule has 3 rings (SSSR count). The Kier molecular flexibility index (Phi) is 5.79. The quantitative estimate of drug-likeness (QED) is 0.698. The van der Waals surface area contributed by atoms with Gasteiger partial charge in [0.15, 0.2) is 0 Å². The number of nitrogens with one attached hydrogen (secondary N) is 1. The molecule has 1 atom stereocenters. The molecule has 29 heavy (non-hydrogen) atoms. The number of hydrogen-bond acceptors (Lipinski definition) is 8. The Morgan fingerprint density at radius 2 is 2.17 bits per heavy atom. The van der Waals surface area contributed by atoms with Gasteiger partial charge < -0.3 is 10.0 Å². The van der Waals surface area contributed by atoms with Crippen LogP contribution in [0.3, 0.4) is 0 Å². The van der Waals surface area contributed by atoms with E-state index < -0.39 is 27.8 Å². The van der Waals surface area contributed by atoms with Crippen molar-refractivity contribution in [1.82, 2.24) is 9.71 Å². The van der Waals surface area contributed by atoms with E-state index in [1.807, 2.05) is 6.07 Å². The van der Waals surface area contributed by atoms with Crippen LogP contribution in [0.4, 0.5) is 5.82 Å². The maximum Gasteiger partial charge on any atom is 0.337 e. The molecule has 2 N–H and O–H groups in total. The van der Waals surface area contributed by atoms with Crippen LogP contribution in [0.1, 0.15) is 28.0 Å². The van der Waals surface area contributed by atoms with Crippen LogP contribution < -0.4 is 9.62 Å². The van der Waals surface area contributed by atoms with Crippen LogP contribution in [-0.2, 0) is 14.8 Å². The number of sulfonamides is 1. The van der Waals surface area contributed by atoms with E-state index in [9.17, 15) is 28.4 Å². The Hall–Kier alpha value is -2.68. The Morgan fingerprint density at radius 3 is 2.76 bits per heavy atom. The number of thiophene rings is 1. The van der Waals surface area contributed by atoms with Gasteiger partial charge in [0.1, 0.15) is 16.1 Å². The van der Waals surface area contributed by atoms with Crippen LogP contribution in [0.15, 0.2) is 22.4 Å². The highest BCUT2D eigenvalue weighted by atomic mass is 35.5. The zero-order chi connectivity index (χ0) is 21.3. The van der Waals surface area contributed by atoms with Gasteiger partial charge in [-0.1, -0.05) is 11.6 Å². The van der Waals surface area contributed by atoms with Crippen molar-refractivity contribution in [1.29, 1.82) is 5.26 Å². The minimum atomic E-state index is -4.01. The molecular formula is C17H15ClN4O5S2. The molecule has 1 unspecified atom stereocenters. The molecule has 152 valence electrons. The van der Waals surface area contributed by atoms with Crippen molar-refractivity contribution in [2.24, 2.45) is 5.92 Å². The van der Waals surface area contributed by atoms with E-state index in [0.29, 0.717) is 17.3 Å². The van der Waals surface area contributed by atoms with Gasteiger partial charge in [0.2, 0.25) is 5.91 Å². The van der Waals surface area contributed by atoms with Crippen molar-refractivity contribution in [3.63, 3.8) is 0 Å². The summed E-state index contributed by atoms with van der Waals surface area (Å²) >= 11 is 6.60. The molecule has 12 heteroatoms. The molecule has 0 aliphatic carbocycles. The third-order valence-electron chi connectivity index (χ3n) is 4.45. The molecule has 0 radical (unpaired) electrons. The standard InChI is InChI=1S/C17H15ClN4O5S2/c1-9-12(17(24)25)6-11(7-19)15(20-9)22-5-4-10(8-22)16(23)21-29(26,27)14-3-2-13(18)28-14/h2-3,6,10H,4-5,8H2,1H3,(H,21,23)(H,24,25). The molecule has 1 aliphatic rings. The number of halogens is 1. The number of aromatic nitrogens is 1. The molecule has 2 aromatic rings. The van der Waals surface area contributed by atoms with Crippen LogP contribution in [0.2, 0.25) is 4.34 Å². The van der Waals surface area contributed by atoms with E-state index in [0.717, 1.165) is 11.3 Å². The molecule has 0 spiro atoms. The maximum absolute atomic E-state index is 12.5. The first-order valence-electron chi connectivity index (χ1n) is 8.34. The van der Waals surface area contributed by atoms with Gasteiger partial charge in [-0.2, -0.15) is 5.26 Å². The number of carboxylic acids is 1. The largest absolute Gasteiger partial charge is 0.478 e. The number of aromatic carboxylic acids is 1. The van der Waals surface area contributed by atoms with Crippen LogP contribution in [-0.4, -0.2) is 43.5 Å². The first-order valence-corrected chi connectivity index (χ1v) is 11.0. The van der Waals surface area contributed by atoms with Crippen LogP contribution in [0.5, 0.6) is 0 Å². The zero-order valence-corrected chi connectivity index (χ0v) is 17.4. The van der Waals surface area contributed by atoms with Crippen molar-refractivity contribution >= 4 is 50.7 Å². The number of rotatable bonds is 5. The summed E-state index contributed by atoms with van der Waals surface area (Å²) in [4.78, 5) is 29.6. The summed E-state index contributed by atoms with van der Waals surface area (Å²) in [7, 11) is -4.01. The normalized spacial score (nSPS) is 16.4. The second-order valence-electron chi connectivity index (χ2n) is 6.37. The van der Waals surface area contributed by atoms with Gasteiger partial charge in [0.05, 0.1) is 27.1 Å². The summed E-state index contributed by atoms with van der Waals surface area (Å²) in [5, 5.41) is 18.5. The summed E-state index contributed by atoms with van der Waals surface area (Å²) in [5.74, 6) is -2.20. The van der Waals surface area contributed by atoms with E-state index >= 15 is 0 Å². The molecule has 0 aromatic carbocycles. The van der Waals surface area contributed by atoms with Crippen molar-refractivity contribution in [3.8, 4) is 6.07 Å². The third-order valence-corrected chi connectivity index (χ3v) is 7.52. The fourth-order valence-electron chi connectivity index (χ4n) is 3.01. The molecule has 1 fully saturated rings. The van der Waals surface area contributed by atoms with Crippen LogP contribution in [0.25, 0.3) is 0 Å². The molecule has 3 heterocycles. The lowest BCUT2D eigenvalue weighted by Crippen LogP contribution is -2.36. The topological polar surface area (TPSA) is 140 Å².